The van der Waals surface area contributed by atoms with E-state index in [2.05, 4.69) is 9.88 Å². The molecule has 1 N–H and O–H groups in total. The van der Waals surface area contributed by atoms with Gasteiger partial charge >= 0.3 is 0 Å². The van der Waals surface area contributed by atoms with Crippen molar-refractivity contribution in [3.8, 4) is 11.5 Å². The van der Waals surface area contributed by atoms with Gasteiger partial charge in [0, 0.05) is 24.7 Å². The lowest BCUT2D eigenvalue weighted by Crippen LogP contribution is -2.31. The van der Waals surface area contributed by atoms with Crippen LogP contribution in [0.25, 0.3) is 10.9 Å². The molecule has 0 bridgehead atoms. The average molecular weight is 324 g/mol. The molecule has 24 heavy (non-hydrogen) atoms. The minimum atomic E-state index is -0.132. The Kier molecular flexibility index (Phi) is 5.01. The normalized spacial score (nSPS) is 10.5. The van der Waals surface area contributed by atoms with Crippen molar-refractivity contribution in [2.24, 2.45) is 0 Å². The minimum Gasteiger partial charge on any atom is -0.496 e. The molecule has 2 aromatic carbocycles. The van der Waals surface area contributed by atoms with E-state index in [4.69, 9.17) is 9.47 Å². The Morgan fingerprint density at radius 3 is 2.71 bits per heavy atom. The predicted molar refractivity (Wildman–Crippen MR) is 93.4 cm³/mol. The summed E-state index contributed by atoms with van der Waals surface area (Å²) in [6.45, 7) is 1.25. The van der Waals surface area contributed by atoms with Gasteiger partial charge in [0.05, 0.1) is 12.6 Å². The van der Waals surface area contributed by atoms with Crippen molar-refractivity contribution in [1.82, 2.24) is 9.88 Å². The van der Waals surface area contributed by atoms with E-state index in [-0.39, 0.29) is 12.5 Å². The van der Waals surface area contributed by atoms with Crippen LogP contribution >= 0.6 is 0 Å². The highest BCUT2D eigenvalue weighted by atomic mass is 16.5. The number of hydrogen-bond acceptors (Lipinski definition) is 3. The van der Waals surface area contributed by atoms with Crippen molar-refractivity contribution in [1.29, 1.82) is 0 Å². The zero-order valence-electron chi connectivity index (χ0n) is 13.6. The first kappa shape index (κ1) is 15.9. The van der Waals surface area contributed by atoms with Gasteiger partial charge in [-0.2, -0.15) is 0 Å². The van der Waals surface area contributed by atoms with Crippen LogP contribution in [-0.2, 0) is 11.3 Å². The van der Waals surface area contributed by atoms with Gasteiger partial charge in [0.2, 0.25) is 0 Å². The third-order valence-electron chi connectivity index (χ3n) is 3.78. The maximum atomic E-state index is 11.8. The Hall–Kier alpha value is -2.95. The van der Waals surface area contributed by atoms with E-state index in [0.717, 1.165) is 16.7 Å². The number of carbonyl (C=O) groups excluding carboxylic acids is 1. The summed E-state index contributed by atoms with van der Waals surface area (Å²) in [6.07, 6.45) is 2.00. The molecule has 5 heteroatoms. The van der Waals surface area contributed by atoms with Gasteiger partial charge in [0.1, 0.15) is 11.5 Å². The van der Waals surface area contributed by atoms with E-state index in [1.165, 1.54) is 0 Å². The second kappa shape index (κ2) is 7.55. The molecule has 0 aliphatic rings. The second-order valence-electron chi connectivity index (χ2n) is 5.35. The molecule has 0 saturated heterocycles. The van der Waals surface area contributed by atoms with E-state index in [1.807, 2.05) is 60.8 Å². The summed E-state index contributed by atoms with van der Waals surface area (Å²) in [5.41, 5.74) is 1.09. The van der Waals surface area contributed by atoms with Crippen molar-refractivity contribution >= 4 is 16.8 Å². The molecular weight excluding hydrogens is 304 g/mol. The smallest absolute Gasteiger partial charge is 0.258 e. The summed E-state index contributed by atoms with van der Waals surface area (Å²) in [7, 11) is 1.67. The number of rotatable bonds is 7. The molecule has 0 atom stereocenters. The van der Waals surface area contributed by atoms with Gasteiger partial charge in [-0.3, -0.25) is 4.79 Å². The second-order valence-corrected chi connectivity index (χ2v) is 5.35. The quantitative estimate of drug-likeness (QED) is 0.727. The summed E-state index contributed by atoms with van der Waals surface area (Å²) in [6, 6.07) is 17.3. The zero-order valence-corrected chi connectivity index (χ0v) is 13.6. The summed E-state index contributed by atoms with van der Waals surface area (Å²) in [5, 5.41) is 3.94. The molecule has 0 radical (unpaired) electrons. The largest absolute Gasteiger partial charge is 0.496 e. The molecule has 0 spiro atoms. The van der Waals surface area contributed by atoms with Crippen molar-refractivity contribution in [2.75, 3.05) is 20.3 Å². The van der Waals surface area contributed by atoms with Crippen LogP contribution < -0.4 is 14.8 Å². The highest BCUT2D eigenvalue weighted by Gasteiger charge is 2.06. The molecule has 124 valence electrons. The van der Waals surface area contributed by atoms with Gasteiger partial charge in [0.15, 0.2) is 6.61 Å². The summed E-state index contributed by atoms with van der Waals surface area (Å²) in [4.78, 5) is 11.8. The number of hydrogen-bond donors (Lipinski definition) is 1. The van der Waals surface area contributed by atoms with Crippen LogP contribution in [0, 0.1) is 0 Å². The number of amides is 1. The van der Waals surface area contributed by atoms with E-state index in [9.17, 15) is 4.79 Å². The molecule has 0 unspecified atom stereocenters. The molecule has 0 aliphatic heterocycles. The van der Waals surface area contributed by atoms with E-state index in [0.29, 0.717) is 18.8 Å². The Bertz CT molecular complexity index is 812. The van der Waals surface area contributed by atoms with Crippen LogP contribution in [-0.4, -0.2) is 30.7 Å². The molecule has 1 heterocycles. The Morgan fingerprint density at radius 1 is 1.08 bits per heavy atom. The Morgan fingerprint density at radius 2 is 1.92 bits per heavy atom. The van der Waals surface area contributed by atoms with Crippen molar-refractivity contribution in [3.63, 3.8) is 0 Å². The fourth-order valence-electron chi connectivity index (χ4n) is 2.60. The lowest BCUT2D eigenvalue weighted by Gasteiger charge is -2.09. The van der Waals surface area contributed by atoms with Gasteiger partial charge in [-0.1, -0.05) is 24.3 Å². The number of para-hydroxylation sites is 1. The topological polar surface area (TPSA) is 52.5 Å². The third kappa shape index (κ3) is 3.68. The van der Waals surface area contributed by atoms with Gasteiger partial charge < -0.3 is 19.4 Å². The SMILES string of the molecule is COc1cccc2c1ccn2CCNC(=O)COc1ccccc1. The molecule has 0 fully saturated rings. The summed E-state index contributed by atoms with van der Waals surface area (Å²) < 4.78 is 12.9. The number of carbonyl (C=O) groups is 1. The number of nitrogens with zero attached hydrogens (tertiary/aromatic N) is 1. The lowest BCUT2D eigenvalue weighted by molar-refractivity contribution is -0.123. The summed E-state index contributed by atoms with van der Waals surface area (Å²) in [5.74, 6) is 1.41. The summed E-state index contributed by atoms with van der Waals surface area (Å²) >= 11 is 0. The number of benzene rings is 2. The van der Waals surface area contributed by atoms with Crippen molar-refractivity contribution < 1.29 is 14.3 Å². The van der Waals surface area contributed by atoms with E-state index in [1.54, 1.807) is 7.11 Å². The molecule has 0 saturated carbocycles. The van der Waals surface area contributed by atoms with E-state index < -0.39 is 0 Å². The zero-order chi connectivity index (χ0) is 16.8. The van der Waals surface area contributed by atoms with Crippen molar-refractivity contribution in [2.45, 2.75) is 6.54 Å². The Balaban J connectivity index is 1.50. The highest BCUT2D eigenvalue weighted by Crippen LogP contribution is 2.25. The van der Waals surface area contributed by atoms with Gasteiger partial charge in [-0.05, 0) is 30.3 Å². The third-order valence-corrected chi connectivity index (χ3v) is 3.78. The molecule has 3 rings (SSSR count). The number of methoxy groups -OCH3 is 1. The Labute approximate surface area is 140 Å². The lowest BCUT2D eigenvalue weighted by atomic mass is 10.2. The number of aromatic nitrogens is 1. The first-order chi connectivity index (χ1) is 11.8. The molecule has 5 nitrogen and oxygen atoms in total. The first-order valence-corrected chi connectivity index (χ1v) is 7.84. The number of nitrogens with one attached hydrogen (secondary N) is 1. The van der Waals surface area contributed by atoms with Crippen LogP contribution in [0.4, 0.5) is 0 Å². The van der Waals surface area contributed by atoms with Gasteiger partial charge in [-0.25, -0.2) is 0 Å². The predicted octanol–water partition coefficient (Wildman–Crippen LogP) is 2.85. The van der Waals surface area contributed by atoms with E-state index >= 15 is 0 Å². The van der Waals surface area contributed by atoms with Crippen LogP contribution in [0.3, 0.4) is 0 Å². The average Bonchev–Trinajstić information content (AvgIpc) is 3.04. The monoisotopic (exact) mass is 324 g/mol. The fraction of sp³-hybridized carbons (Fsp3) is 0.211. The first-order valence-electron chi connectivity index (χ1n) is 7.84. The minimum absolute atomic E-state index is 0.0181. The standard InChI is InChI=1S/C19H20N2O3/c1-23-18-9-5-8-17-16(18)10-12-21(17)13-11-20-19(22)14-24-15-6-3-2-4-7-15/h2-10,12H,11,13-14H2,1H3,(H,20,22). The van der Waals surface area contributed by atoms with Crippen LogP contribution in [0.15, 0.2) is 60.8 Å². The van der Waals surface area contributed by atoms with Crippen LogP contribution in [0.5, 0.6) is 11.5 Å². The van der Waals surface area contributed by atoms with Crippen LogP contribution in [0.2, 0.25) is 0 Å². The van der Waals surface area contributed by atoms with Gasteiger partial charge in [-0.15, -0.1) is 0 Å². The molecule has 1 aromatic heterocycles. The number of ether oxygens (including phenoxy) is 2. The highest BCUT2D eigenvalue weighted by molar-refractivity contribution is 5.86. The van der Waals surface area contributed by atoms with Gasteiger partial charge in [0.25, 0.3) is 5.91 Å². The maximum absolute atomic E-state index is 11.8. The maximum Gasteiger partial charge on any atom is 0.258 e. The molecule has 1 amide bonds. The van der Waals surface area contributed by atoms with Crippen molar-refractivity contribution in [3.05, 3.63) is 60.8 Å². The number of fused-ring (bicyclic) bond motifs is 1. The molecular formula is C19H20N2O3. The van der Waals surface area contributed by atoms with Crippen LogP contribution in [0.1, 0.15) is 0 Å². The fourth-order valence-corrected chi connectivity index (χ4v) is 2.60. The molecule has 0 aliphatic carbocycles. The molecule has 3 aromatic rings.